The quantitative estimate of drug-likeness (QED) is 0.751. The van der Waals surface area contributed by atoms with Crippen molar-refractivity contribution in [1.82, 2.24) is 15.0 Å². The van der Waals surface area contributed by atoms with E-state index < -0.39 is 0 Å². The van der Waals surface area contributed by atoms with Crippen molar-refractivity contribution in [1.29, 1.82) is 0 Å². The van der Waals surface area contributed by atoms with Gasteiger partial charge in [-0.2, -0.15) is 0 Å². The fourth-order valence-corrected chi connectivity index (χ4v) is 3.33. The number of nitrogens with one attached hydrogen (secondary N) is 1. The van der Waals surface area contributed by atoms with Crippen molar-refractivity contribution >= 4 is 23.2 Å². The summed E-state index contributed by atoms with van der Waals surface area (Å²) >= 11 is 0. The van der Waals surface area contributed by atoms with Gasteiger partial charge in [0.05, 0.1) is 5.56 Å². The molecule has 0 atom stereocenters. The number of aromatic nitrogens is 2. The van der Waals surface area contributed by atoms with Crippen molar-refractivity contribution in [3.63, 3.8) is 0 Å². The van der Waals surface area contributed by atoms with E-state index in [2.05, 4.69) is 51.5 Å². The van der Waals surface area contributed by atoms with Crippen LogP contribution in [0.2, 0.25) is 0 Å². The van der Waals surface area contributed by atoms with Gasteiger partial charge >= 0.3 is 0 Å². The molecule has 0 bridgehead atoms. The topological polar surface area (TPSA) is 74.5 Å². The summed E-state index contributed by atoms with van der Waals surface area (Å²) in [7, 11) is 0. The zero-order chi connectivity index (χ0) is 19.5. The van der Waals surface area contributed by atoms with Gasteiger partial charge in [0.15, 0.2) is 5.82 Å². The van der Waals surface area contributed by atoms with E-state index in [1.165, 1.54) is 11.3 Å². The van der Waals surface area contributed by atoms with Gasteiger partial charge in [-0.05, 0) is 43.7 Å². The number of amides is 1. The van der Waals surface area contributed by atoms with Gasteiger partial charge in [0.25, 0.3) is 5.91 Å². The van der Waals surface area contributed by atoms with Gasteiger partial charge in [-0.3, -0.25) is 4.79 Å². The van der Waals surface area contributed by atoms with Crippen molar-refractivity contribution in [3.8, 4) is 0 Å². The molecule has 0 spiro atoms. The predicted molar refractivity (Wildman–Crippen MR) is 108 cm³/mol. The number of hydrogen-bond donors (Lipinski definition) is 1. The van der Waals surface area contributed by atoms with Crippen LogP contribution in [0.5, 0.6) is 0 Å². The second-order valence-electron chi connectivity index (χ2n) is 7.00. The maximum absolute atomic E-state index is 12.8. The van der Waals surface area contributed by atoms with Crippen molar-refractivity contribution in [2.45, 2.75) is 13.8 Å². The highest BCUT2D eigenvalue weighted by Crippen LogP contribution is 2.19. The van der Waals surface area contributed by atoms with Crippen molar-refractivity contribution < 1.29 is 9.32 Å². The van der Waals surface area contributed by atoms with Crippen LogP contribution >= 0.6 is 0 Å². The number of aryl methyl sites for hydroxylation is 2. The Kier molecular flexibility index (Phi) is 4.97. The van der Waals surface area contributed by atoms with Crippen LogP contribution in [0.15, 0.2) is 53.2 Å². The van der Waals surface area contributed by atoms with Crippen LogP contribution in [0.25, 0.3) is 0 Å². The van der Waals surface area contributed by atoms with E-state index in [1.807, 2.05) is 11.8 Å². The monoisotopic (exact) mass is 377 g/mol. The molecule has 0 radical (unpaired) electrons. The molecule has 4 rings (SSSR count). The summed E-state index contributed by atoms with van der Waals surface area (Å²) in [5.41, 5.74) is 3.05. The molecule has 1 aliphatic rings. The van der Waals surface area contributed by atoms with Gasteiger partial charge in [-0.25, -0.2) is 4.98 Å². The van der Waals surface area contributed by atoms with E-state index in [9.17, 15) is 4.79 Å². The third kappa shape index (κ3) is 3.98. The Hall–Kier alpha value is -3.35. The Labute approximate surface area is 164 Å². The van der Waals surface area contributed by atoms with Crippen LogP contribution in [0.3, 0.4) is 0 Å². The van der Waals surface area contributed by atoms with E-state index >= 15 is 0 Å². The fourth-order valence-electron chi connectivity index (χ4n) is 3.33. The van der Waals surface area contributed by atoms with Crippen LogP contribution in [0.4, 0.5) is 17.3 Å². The van der Waals surface area contributed by atoms with Crippen LogP contribution in [0.1, 0.15) is 21.7 Å². The Morgan fingerprint density at radius 3 is 2.50 bits per heavy atom. The highest BCUT2D eigenvalue weighted by Gasteiger charge is 2.22. The normalized spacial score (nSPS) is 14.2. The fraction of sp³-hybridized carbons (Fsp3) is 0.286. The van der Waals surface area contributed by atoms with Crippen LogP contribution in [-0.2, 0) is 0 Å². The molecule has 1 aromatic carbocycles. The lowest BCUT2D eigenvalue weighted by Crippen LogP contribution is -2.48. The number of rotatable bonds is 4. The summed E-state index contributed by atoms with van der Waals surface area (Å²) in [5, 5.41) is 6.92. The molecule has 28 heavy (non-hydrogen) atoms. The Morgan fingerprint density at radius 1 is 1.04 bits per heavy atom. The first-order valence-corrected chi connectivity index (χ1v) is 9.36. The molecule has 1 saturated heterocycles. The third-order valence-electron chi connectivity index (χ3n) is 4.83. The second kappa shape index (κ2) is 7.72. The first kappa shape index (κ1) is 18.0. The number of piperazine rings is 1. The molecule has 0 saturated carbocycles. The number of carbonyl (C=O) groups excluding carboxylic acids is 1. The van der Waals surface area contributed by atoms with Crippen LogP contribution < -0.4 is 10.2 Å². The first-order chi connectivity index (χ1) is 13.6. The molecular weight excluding hydrogens is 354 g/mol. The molecule has 1 fully saturated rings. The zero-order valence-corrected chi connectivity index (χ0v) is 16.1. The number of carbonyl (C=O) groups is 1. The minimum Gasteiger partial charge on any atom is -0.368 e. The summed E-state index contributed by atoms with van der Waals surface area (Å²) in [6.45, 7) is 6.97. The summed E-state index contributed by atoms with van der Waals surface area (Å²) in [5.74, 6) is 1.95. The van der Waals surface area contributed by atoms with Crippen LogP contribution in [0, 0.1) is 13.8 Å². The van der Waals surface area contributed by atoms with E-state index in [0.717, 1.165) is 18.8 Å². The summed E-state index contributed by atoms with van der Waals surface area (Å²) in [6, 6.07) is 13.8. The number of benzene rings is 1. The Bertz CT molecular complexity index is 959. The number of hydrogen-bond acceptors (Lipinski definition) is 6. The summed E-state index contributed by atoms with van der Waals surface area (Å²) in [6.07, 6.45) is 1.60. The summed E-state index contributed by atoms with van der Waals surface area (Å²) < 4.78 is 5.02. The smallest absolute Gasteiger partial charge is 0.255 e. The predicted octanol–water partition coefficient (Wildman–Crippen LogP) is 3.39. The van der Waals surface area contributed by atoms with Crippen molar-refractivity contribution in [3.05, 3.63) is 65.5 Å². The molecule has 0 unspecified atom stereocenters. The molecule has 7 heteroatoms. The minimum absolute atomic E-state index is 0.0141. The van der Waals surface area contributed by atoms with Gasteiger partial charge in [-0.15, -0.1) is 0 Å². The molecule has 1 N–H and O–H groups in total. The van der Waals surface area contributed by atoms with E-state index in [4.69, 9.17) is 4.52 Å². The van der Waals surface area contributed by atoms with Gasteiger partial charge in [0.1, 0.15) is 11.6 Å². The maximum atomic E-state index is 12.8. The molecule has 0 aliphatic carbocycles. The number of nitrogens with zero attached hydrogens (tertiary/aromatic N) is 4. The lowest BCUT2D eigenvalue weighted by molar-refractivity contribution is 0.0746. The molecule has 144 valence electrons. The Balaban J connectivity index is 1.36. The van der Waals surface area contributed by atoms with E-state index in [1.54, 1.807) is 24.4 Å². The maximum Gasteiger partial charge on any atom is 0.255 e. The average molecular weight is 377 g/mol. The molecule has 7 nitrogen and oxygen atoms in total. The van der Waals surface area contributed by atoms with E-state index in [0.29, 0.717) is 30.3 Å². The minimum atomic E-state index is 0.0141. The van der Waals surface area contributed by atoms with Gasteiger partial charge in [0.2, 0.25) is 0 Å². The largest absolute Gasteiger partial charge is 0.368 e. The lowest BCUT2D eigenvalue weighted by atomic mass is 10.1. The first-order valence-electron chi connectivity index (χ1n) is 9.36. The molecule has 3 aromatic rings. The molecule has 1 amide bonds. The molecular formula is C21H23N5O2. The highest BCUT2D eigenvalue weighted by atomic mass is 16.5. The Morgan fingerprint density at radius 2 is 1.86 bits per heavy atom. The zero-order valence-electron chi connectivity index (χ0n) is 16.1. The second-order valence-corrected chi connectivity index (χ2v) is 7.00. The van der Waals surface area contributed by atoms with Gasteiger partial charge in [0, 0.05) is 44.1 Å². The standard InChI is InChI=1S/C21H23N5O2/c1-15-4-3-5-18(12-15)25-8-10-26(11-9-25)21(27)17-6-7-19(22-14-17)23-20-13-16(2)28-24-20/h3-7,12-14H,8-11H2,1-2H3,(H,22,23,24). The highest BCUT2D eigenvalue weighted by molar-refractivity contribution is 5.94. The molecule has 3 heterocycles. The van der Waals surface area contributed by atoms with Gasteiger partial charge in [-0.1, -0.05) is 17.3 Å². The number of pyridine rings is 1. The van der Waals surface area contributed by atoms with E-state index in [-0.39, 0.29) is 5.91 Å². The number of anilines is 3. The van der Waals surface area contributed by atoms with Gasteiger partial charge < -0.3 is 19.6 Å². The SMILES string of the molecule is Cc1cccc(N2CCN(C(=O)c3ccc(Nc4cc(C)on4)nc3)CC2)c1. The average Bonchev–Trinajstić information content (AvgIpc) is 3.13. The summed E-state index contributed by atoms with van der Waals surface area (Å²) in [4.78, 5) is 21.3. The molecule has 1 aliphatic heterocycles. The lowest BCUT2D eigenvalue weighted by Gasteiger charge is -2.36. The van der Waals surface area contributed by atoms with Crippen molar-refractivity contribution in [2.24, 2.45) is 0 Å². The van der Waals surface area contributed by atoms with Crippen molar-refractivity contribution in [2.75, 3.05) is 36.4 Å². The third-order valence-corrected chi connectivity index (χ3v) is 4.83. The molecule has 2 aromatic heterocycles. The van der Waals surface area contributed by atoms with Crippen LogP contribution in [-0.4, -0.2) is 47.1 Å².